The molecule has 2 aromatic carbocycles. The van der Waals surface area contributed by atoms with E-state index in [1.807, 2.05) is 4.90 Å². The van der Waals surface area contributed by atoms with Crippen LogP contribution >= 0.6 is 11.6 Å². The van der Waals surface area contributed by atoms with Crippen molar-refractivity contribution < 1.29 is 22.7 Å². The van der Waals surface area contributed by atoms with Crippen molar-refractivity contribution in [2.24, 2.45) is 0 Å². The highest BCUT2D eigenvalue weighted by Gasteiger charge is 2.29. The van der Waals surface area contributed by atoms with E-state index in [2.05, 4.69) is 0 Å². The predicted octanol–water partition coefficient (Wildman–Crippen LogP) is 2.26. The molecule has 1 saturated heterocycles. The number of fused-ring (bicyclic) bond motifs is 1. The molecule has 0 amide bonds. The lowest BCUT2D eigenvalue weighted by molar-refractivity contribution is 0.0901. The molecule has 0 aromatic heterocycles. The second-order valence-corrected chi connectivity index (χ2v) is 9.00. The molecule has 0 saturated carbocycles. The molecule has 4 rings (SSSR count). The number of benzene rings is 2. The molecule has 28 heavy (non-hydrogen) atoms. The monoisotopic (exact) mass is 422 g/mol. The summed E-state index contributed by atoms with van der Waals surface area (Å²) in [7, 11) is -3.56. The molecule has 0 atom stereocenters. The summed E-state index contributed by atoms with van der Waals surface area (Å²) in [6.45, 7) is 2.04. The predicted molar refractivity (Wildman–Crippen MR) is 104 cm³/mol. The third-order valence-corrected chi connectivity index (χ3v) is 7.01. The third-order valence-electron chi connectivity index (χ3n) is 4.84. The number of Topliss-reactive ketones (excluding diaryl/α,β-unsaturated/α-hetero) is 1. The minimum atomic E-state index is -3.56. The van der Waals surface area contributed by atoms with Crippen molar-refractivity contribution in [2.45, 2.75) is 4.90 Å². The van der Waals surface area contributed by atoms with E-state index in [-0.39, 0.29) is 24.0 Å². The first kappa shape index (κ1) is 19.2. The Hall–Kier alpha value is -2.13. The summed E-state index contributed by atoms with van der Waals surface area (Å²) >= 11 is 5.83. The molecule has 0 unspecified atom stereocenters. The van der Waals surface area contributed by atoms with Crippen LogP contribution in [0.2, 0.25) is 5.02 Å². The first-order chi connectivity index (χ1) is 13.4. The fourth-order valence-corrected chi connectivity index (χ4v) is 4.80. The molecule has 1 fully saturated rings. The number of halogens is 1. The highest BCUT2D eigenvalue weighted by Crippen LogP contribution is 2.32. The van der Waals surface area contributed by atoms with Crippen LogP contribution in [0.5, 0.6) is 11.5 Å². The molecular weight excluding hydrogens is 404 g/mol. The van der Waals surface area contributed by atoms with Crippen molar-refractivity contribution in [1.29, 1.82) is 0 Å². The van der Waals surface area contributed by atoms with Crippen molar-refractivity contribution in [2.75, 3.05) is 39.5 Å². The van der Waals surface area contributed by atoms with E-state index in [1.54, 1.807) is 30.3 Å². The number of sulfonamides is 1. The minimum absolute atomic E-state index is 0.0349. The molecule has 0 N–H and O–H groups in total. The van der Waals surface area contributed by atoms with E-state index >= 15 is 0 Å². The summed E-state index contributed by atoms with van der Waals surface area (Å²) in [5.41, 5.74) is 0.556. The SMILES string of the molecule is O=C(CN1CCN(S(=O)(=O)c2ccc(Cl)cc2)CC1)c1ccc2c(c1)OCO2. The van der Waals surface area contributed by atoms with E-state index < -0.39 is 10.0 Å². The number of ether oxygens (including phenoxy) is 2. The minimum Gasteiger partial charge on any atom is -0.454 e. The largest absolute Gasteiger partial charge is 0.454 e. The van der Waals surface area contributed by atoms with Crippen LogP contribution in [-0.4, -0.2) is 62.9 Å². The van der Waals surface area contributed by atoms with Crippen LogP contribution < -0.4 is 9.47 Å². The van der Waals surface area contributed by atoms with Gasteiger partial charge in [-0.15, -0.1) is 0 Å². The van der Waals surface area contributed by atoms with Gasteiger partial charge < -0.3 is 9.47 Å². The highest BCUT2D eigenvalue weighted by molar-refractivity contribution is 7.89. The standard InChI is InChI=1S/C19H19ClN2O5S/c20-15-2-4-16(5-3-15)28(24,25)22-9-7-21(8-10-22)12-17(23)14-1-6-18-19(11-14)27-13-26-18/h1-6,11H,7-10,12-13H2. The summed E-state index contributed by atoms with van der Waals surface area (Å²) in [6, 6.07) is 11.3. The maximum atomic E-state index is 12.7. The molecule has 0 bridgehead atoms. The average molecular weight is 423 g/mol. The van der Waals surface area contributed by atoms with Crippen LogP contribution in [-0.2, 0) is 10.0 Å². The van der Waals surface area contributed by atoms with Gasteiger partial charge in [0.15, 0.2) is 17.3 Å². The Bertz CT molecular complexity index is 986. The Morgan fingerprint density at radius 2 is 1.64 bits per heavy atom. The van der Waals surface area contributed by atoms with Crippen molar-refractivity contribution in [3.05, 3.63) is 53.1 Å². The Balaban J connectivity index is 1.36. The smallest absolute Gasteiger partial charge is 0.243 e. The fraction of sp³-hybridized carbons (Fsp3) is 0.316. The van der Waals surface area contributed by atoms with Gasteiger partial charge in [-0.25, -0.2) is 8.42 Å². The Labute approximate surface area is 168 Å². The van der Waals surface area contributed by atoms with Crippen molar-refractivity contribution in [3.63, 3.8) is 0 Å². The molecule has 2 aromatic rings. The van der Waals surface area contributed by atoms with E-state index in [4.69, 9.17) is 21.1 Å². The molecule has 0 spiro atoms. The van der Waals surface area contributed by atoms with Crippen LogP contribution in [0.25, 0.3) is 0 Å². The van der Waals surface area contributed by atoms with Crippen molar-refractivity contribution >= 4 is 27.4 Å². The lowest BCUT2D eigenvalue weighted by atomic mass is 10.1. The molecule has 2 aliphatic heterocycles. The number of carbonyl (C=O) groups is 1. The fourth-order valence-electron chi connectivity index (χ4n) is 3.25. The molecule has 2 heterocycles. The van der Waals surface area contributed by atoms with Crippen LogP contribution in [0.4, 0.5) is 0 Å². The molecular formula is C19H19ClN2O5S. The van der Waals surface area contributed by atoms with E-state index in [9.17, 15) is 13.2 Å². The van der Waals surface area contributed by atoms with Gasteiger partial charge in [-0.2, -0.15) is 4.31 Å². The summed E-state index contributed by atoms with van der Waals surface area (Å²) < 4.78 is 37.5. The third kappa shape index (κ3) is 3.86. The normalized spacial score (nSPS) is 17.6. The van der Waals surface area contributed by atoms with Gasteiger partial charge in [0.2, 0.25) is 16.8 Å². The van der Waals surface area contributed by atoms with E-state index in [1.165, 1.54) is 16.4 Å². The molecule has 7 nitrogen and oxygen atoms in total. The molecule has 0 radical (unpaired) electrons. The molecule has 148 valence electrons. The number of rotatable bonds is 5. The van der Waals surface area contributed by atoms with Gasteiger partial charge in [0.1, 0.15) is 0 Å². The first-order valence-electron chi connectivity index (χ1n) is 8.84. The number of hydrogen-bond donors (Lipinski definition) is 0. The Morgan fingerprint density at radius 3 is 2.36 bits per heavy atom. The number of nitrogens with zero attached hydrogens (tertiary/aromatic N) is 2. The number of carbonyl (C=O) groups excluding carboxylic acids is 1. The summed E-state index contributed by atoms with van der Waals surface area (Å²) in [4.78, 5) is 14.7. The zero-order valence-electron chi connectivity index (χ0n) is 15.0. The summed E-state index contributed by atoms with van der Waals surface area (Å²) in [6.07, 6.45) is 0. The second-order valence-electron chi connectivity index (χ2n) is 6.63. The molecule has 9 heteroatoms. The van der Waals surface area contributed by atoms with Crippen LogP contribution in [0.3, 0.4) is 0 Å². The number of ketones is 1. The van der Waals surface area contributed by atoms with Gasteiger partial charge in [-0.05, 0) is 42.5 Å². The quantitative estimate of drug-likeness (QED) is 0.688. The summed E-state index contributed by atoms with van der Waals surface area (Å²) in [5.74, 6) is 1.18. The zero-order valence-corrected chi connectivity index (χ0v) is 16.6. The first-order valence-corrected chi connectivity index (χ1v) is 10.7. The van der Waals surface area contributed by atoms with E-state index in [0.29, 0.717) is 48.3 Å². The van der Waals surface area contributed by atoms with Crippen molar-refractivity contribution in [3.8, 4) is 11.5 Å². The zero-order chi connectivity index (χ0) is 19.7. The average Bonchev–Trinajstić information content (AvgIpc) is 3.16. The van der Waals surface area contributed by atoms with Crippen molar-refractivity contribution in [1.82, 2.24) is 9.21 Å². The molecule has 2 aliphatic rings. The van der Waals surface area contributed by atoms with Gasteiger partial charge in [-0.3, -0.25) is 9.69 Å². The van der Waals surface area contributed by atoms with Crippen LogP contribution in [0.15, 0.2) is 47.4 Å². The lowest BCUT2D eigenvalue weighted by Crippen LogP contribution is -2.49. The van der Waals surface area contributed by atoms with Gasteiger partial charge in [0.25, 0.3) is 0 Å². The summed E-state index contributed by atoms with van der Waals surface area (Å²) in [5, 5.41) is 0.491. The highest BCUT2D eigenvalue weighted by atomic mass is 35.5. The lowest BCUT2D eigenvalue weighted by Gasteiger charge is -2.33. The Kier molecular flexibility index (Phi) is 5.29. The van der Waals surface area contributed by atoms with Crippen LogP contribution in [0.1, 0.15) is 10.4 Å². The molecule has 0 aliphatic carbocycles. The number of piperazine rings is 1. The maximum absolute atomic E-state index is 12.7. The van der Waals surface area contributed by atoms with Gasteiger partial charge in [-0.1, -0.05) is 11.6 Å². The van der Waals surface area contributed by atoms with Gasteiger partial charge in [0.05, 0.1) is 11.4 Å². The number of hydrogen-bond acceptors (Lipinski definition) is 6. The van der Waals surface area contributed by atoms with Gasteiger partial charge >= 0.3 is 0 Å². The van der Waals surface area contributed by atoms with E-state index in [0.717, 1.165) is 0 Å². The maximum Gasteiger partial charge on any atom is 0.243 e. The van der Waals surface area contributed by atoms with Gasteiger partial charge in [0, 0.05) is 36.8 Å². The topological polar surface area (TPSA) is 76.2 Å². The Morgan fingerprint density at radius 1 is 0.964 bits per heavy atom. The van der Waals surface area contributed by atoms with Crippen LogP contribution in [0, 0.1) is 0 Å². The second kappa shape index (κ2) is 7.71.